The van der Waals surface area contributed by atoms with Crippen LogP contribution in [0.25, 0.3) is 0 Å². The lowest BCUT2D eigenvalue weighted by Crippen LogP contribution is -2.07. The highest BCUT2D eigenvalue weighted by Gasteiger charge is 2.08. The first-order valence-electron chi connectivity index (χ1n) is 5.96. The molecule has 0 atom stereocenters. The van der Waals surface area contributed by atoms with Gasteiger partial charge in [0, 0.05) is 22.2 Å². The molecule has 0 unspecified atom stereocenters. The second-order valence-corrected chi connectivity index (χ2v) is 5.16. The van der Waals surface area contributed by atoms with Crippen LogP contribution in [0.3, 0.4) is 0 Å². The van der Waals surface area contributed by atoms with Crippen LogP contribution < -0.4 is 5.73 Å². The van der Waals surface area contributed by atoms with Crippen LogP contribution in [0.5, 0.6) is 0 Å². The number of aryl methyl sites for hydroxylation is 1. The number of anilines is 1. The van der Waals surface area contributed by atoms with E-state index in [0.717, 1.165) is 28.0 Å². The summed E-state index contributed by atoms with van der Waals surface area (Å²) in [4.78, 5) is 8.90. The van der Waals surface area contributed by atoms with Crippen LogP contribution in [0.1, 0.15) is 29.6 Å². The molecule has 1 heterocycles. The van der Waals surface area contributed by atoms with Crippen LogP contribution in [0, 0.1) is 6.92 Å². The molecule has 1 aromatic heterocycles. The molecule has 3 nitrogen and oxygen atoms in total. The molecular formula is C14H16BrN3. The molecule has 0 aliphatic rings. The monoisotopic (exact) mass is 305 g/mol. The van der Waals surface area contributed by atoms with Crippen LogP contribution >= 0.6 is 15.9 Å². The van der Waals surface area contributed by atoms with Crippen LogP contribution in [-0.2, 0) is 12.8 Å². The van der Waals surface area contributed by atoms with Crippen molar-refractivity contribution in [2.24, 2.45) is 0 Å². The van der Waals surface area contributed by atoms with Crippen LogP contribution in [0.15, 0.2) is 28.7 Å². The van der Waals surface area contributed by atoms with E-state index in [0.29, 0.717) is 12.2 Å². The first kappa shape index (κ1) is 13.0. The van der Waals surface area contributed by atoms with E-state index in [1.807, 2.05) is 19.1 Å². The predicted molar refractivity (Wildman–Crippen MR) is 77.5 cm³/mol. The van der Waals surface area contributed by atoms with Gasteiger partial charge in [-0.2, -0.15) is 0 Å². The summed E-state index contributed by atoms with van der Waals surface area (Å²) < 4.78 is 1.06. The number of aromatic nitrogens is 2. The van der Waals surface area contributed by atoms with E-state index in [4.69, 9.17) is 5.73 Å². The Balaban J connectivity index is 2.30. The molecule has 0 fully saturated rings. The lowest BCUT2D eigenvalue weighted by molar-refractivity contribution is 0.912. The first-order chi connectivity index (χ1) is 8.60. The summed E-state index contributed by atoms with van der Waals surface area (Å²) in [6.07, 6.45) is 1.57. The summed E-state index contributed by atoms with van der Waals surface area (Å²) in [5.74, 6) is 1.38. The smallest absolute Gasteiger partial charge is 0.135 e. The maximum atomic E-state index is 5.96. The molecule has 2 rings (SSSR count). The van der Waals surface area contributed by atoms with Gasteiger partial charge in [-0.3, -0.25) is 0 Å². The second-order valence-electron chi connectivity index (χ2n) is 4.25. The lowest BCUT2D eigenvalue weighted by atomic mass is 10.1. The molecule has 0 saturated carbocycles. The minimum Gasteiger partial charge on any atom is -0.383 e. The Labute approximate surface area is 116 Å². The highest BCUT2D eigenvalue weighted by Crippen LogP contribution is 2.17. The van der Waals surface area contributed by atoms with Gasteiger partial charge in [-0.1, -0.05) is 35.0 Å². The third-order valence-electron chi connectivity index (χ3n) is 2.90. The van der Waals surface area contributed by atoms with E-state index in [1.165, 1.54) is 5.56 Å². The van der Waals surface area contributed by atoms with Crippen molar-refractivity contribution < 1.29 is 0 Å². The molecule has 4 heteroatoms. The fourth-order valence-corrected chi connectivity index (χ4v) is 2.47. The van der Waals surface area contributed by atoms with Gasteiger partial charge < -0.3 is 5.73 Å². The summed E-state index contributed by atoms with van der Waals surface area (Å²) in [5, 5.41) is 0. The average Bonchev–Trinajstić information content (AvgIpc) is 2.28. The Bertz CT molecular complexity index is 544. The zero-order valence-electron chi connectivity index (χ0n) is 10.6. The van der Waals surface area contributed by atoms with Gasteiger partial charge >= 0.3 is 0 Å². The molecule has 0 amide bonds. The van der Waals surface area contributed by atoms with Gasteiger partial charge in [0.2, 0.25) is 0 Å². The Morgan fingerprint density at radius 2 is 2.06 bits per heavy atom. The number of halogens is 1. The van der Waals surface area contributed by atoms with Gasteiger partial charge in [-0.05, 0) is 31.0 Å². The highest BCUT2D eigenvalue weighted by molar-refractivity contribution is 9.10. The Kier molecular flexibility index (Phi) is 3.97. The molecule has 0 radical (unpaired) electrons. The molecule has 0 spiro atoms. The molecule has 0 aliphatic heterocycles. The Morgan fingerprint density at radius 3 is 2.67 bits per heavy atom. The van der Waals surface area contributed by atoms with E-state index in [2.05, 4.69) is 45.0 Å². The molecule has 0 bridgehead atoms. The van der Waals surface area contributed by atoms with Gasteiger partial charge in [0.1, 0.15) is 11.6 Å². The fourth-order valence-electron chi connectivity index (χ4n) is 2.02. The number of hydrogen-bond donors (Lipinski definition) is 1. The van der Waals surface area contributed by atoms with Crippen LogP contribution in [0.2, 0.25) is 0 Å². The van der Waals surface area contributed by atoms with Gasteiger partial charge in [-0.25, -0.2) is 9.97 Å². The summed E-state index contributed by atoms with van der Waals surface area (Å²) in [6, 6.07) is 8.15. The maximum absolute atomic E-state index is 5.96. The first-order valence-corrected chi connectivity index (χ1v) is 6.75. The van der Waals surface area contributed by atoms with E-state index in [9.17, 15) is 0 Å². The molecule has 1 aromatic carbocycles. The van der Waals surface area contributed by atoms with Crippen molar-refractivity contribution in [3.8, 4) is 0 Å². The Morgan fingerprint density at radius 1 is 1.28 bits per heavy atom. The maximum Gasteiger partial charge on any atom is 0.135 e. The summed E-state index contributed by atoms with van der Waals surface area (Å²) in [6.45, 7) is 4.05. The van der Waals surface area contributed by atoms with Gasteiger partial charge in [0.05, 0.1) is 0 Å². The Hall–Kier alpha value is -1.42. The quantitative estimate of drug-likeness (QED) is 0.946. The van der Waals surface area contributed by atoms with E-state index in [-0.39, 0.29) is 0 Å². The summed E-state index contributed by atoms with van der Waals surface area (Å²) in [5.41, 5.74) is 9.16. The van der Waals surface area contributed by atoms with E-state index >= 15 is 0 Å². The van der Waals surface area contributed by atoms with Crippen molar-refractivity contribution in [3.05, 3.63) is 51.4 Å². The van der Waals surface area contributed by atoms with Crippen molar-refractivity contribution >= 4 is 21.7 Å². The minimum absolute atomic E-state index is 0.606. The SMILES string of the molecule is CCc1c(C)nc(Cc2cccc(Br)c2)nc1N. The lowest BCUT2D eigenvalue weighted by Gasteiger charge is -2.09. The zero-order chi connectivity index (χ0) is 13.1. The normalized spacial score (nSPS) is 10.6. The number of nitrogen functional groups attached to an aromatic ring is 1. The molecule has 2 N–H and O–H groups in total. The molecule has 0 saturated heterocycles. The number of benzene rings is 1. The molecular weight excluding hydrogens is 290 g/mol. The standard InChI is InChI=1S/C14H16BrN3/c1-3-12-9(2)17-13(18-14(12)16)8-10-5-4-6-11(15)7-10/h4-7H,3,8H2,1-2H3,(H2,16,17,18). The third-order valence-corrected chi connectivity index (χ3v) is 3.39. The molecule has 2 aromatic rings. The van der Waals surface area contributed by atoms with Crippen LogP contribution in [-0.4, -0.2) is 9.97 Å². The van der Waals surface area contributed by atoms with Gasteiger partial charge in [0.15, 0.2) is 0 Å². The third kappa shape index (κ3) is 2.88. The molecule has 94 valence electrons. The number of nitrogens with two attached hydrogens (primary N) is 1. The predicted octanol–water partition coefficient (Wildman–Crippen LogP) is 3.28. The largest absolute Gasteiger partial charge is 0.383 e. The number of rotatable bonds is 3. The van der Waals surface area contributed by atoms with E-state index in [1.54, 1.807) is 0 Å². The highest BCUT2D eigenvalue weighted by atomic mass is 79.9. The summed E-state index contributed by atoms with van der Waals surface area (Å²) >= 11 is 3.46. The fraction of sp³-hybridized carbons (Fsp3) is 0.286. The van der Waals surface area contributed by atoms with Gasteiger partial charge in [-0.15, -0.1) is 0 Å². The van der Waals surface area contributed by atoms with Crippen molar-refractivity contribution in [2.75, 3.05) is 5.73 Å². The van der Waals surface area contributed by atoms with Crippen molar-refractivity contribution in [1.82, 2.24) is 9.97 Å². The van der Waals surface area contributed by atoms with Crippen molar-refractivity contribution in [2.45, 2.75) is 26.7 Å². The minimum atomic E-state index is 0.606. The second kappa shape index (κ2) is 5.48. The topological polar surface area (TPSA) is 51.8 Å². The molecule has 18 heavy (non-hydrogen) atoms. The zero-order valence-corrected chi connectivity index (χ0v) is 12.2. The van der Waals surface area contributed by atoms with Crippen molar-refractivity contribution in [3.63, 3.8) is 0 Å². The van der Waals surface area contributed by atoms with Gasteiger partial charge in [0.25, 0.3) is 0 Å². The van der Waals surface area contributed by atoms with Crippen LogP contribution in [0.4, 0.5) is 5.82 Å². The number of nitrogens with zero attached hydrogens (tertiary/aromatic N) is 2. The summed E-state index contributed by atoms with van der Waals surface area (Å²) in [7, 11) is 0. The van der Waals surface area contributed by atoms with E-state index < -0.39 is 0 Å². The molecule has 0 aliphatic carbocycles. The average molecular weight is 306 g/mol. The number of hydrogen-bond acceptors (Lipinski definition) is 3. The van der Waals surface area contributed by atoms with Crippen molar-refractivity contribution in [1.29, 1.82) is 0 Å².